The predicted molar refractivity (Wildman–Crippen MR) is 63.2 cm³/mol. The molecule has 0 saturated heterocycles. The third kappa shape index (κ3) is 2.53. The number of aromatic nitrogens is 2. The maximum Gasteiger partial charge on any atom is 0.126 e. The number of aryl methyl sites for hydroxylation is 2. The lowest BCUT2D eigenvalue weighted by Gasteiger charge is -2.04. The van der Waals surface area contributed by atoms with Crippen LogP contribution < -0.4 is 5.32 Å². The molecule has 2 rings (SSSR count). The molecule has 78 valence electrons. The van der Waals surface area contributed by atoms with Crippen LogP contribution in [0.4, 0.5) is 5.82 Å². The minimum atomic E-state index is 0.799. The molecule has 0 unspecified atom stereocenters. The summed E-state index contributed by atoms with van der Waals surface area (Å²) in [6.45, 7) is 4.81. The van der Waals surface area contributed by atoms with E-state index in [9.17, 15) is 0 Å². The van der Waals surface area contributed by atoms with Crippen LogP contribution in [0.1, 0.15) is 16.3 Å². The molecule has 0 radical (unpaired) electrons. The molecule has 2 heterocycles. The van der Waals surface area contributed by atoms with Crippen molar-refractivity contribution in [1.29, 1.82) is 0 Å². The van der Waals surface area contributed by atoms with Crippen LogP contribution >= 0.6 is 11.3 Å². The van der Waals surface area contributed by atoms with Crippen molar-refractivity contribution in [3.63, 3.8) is 0 Å². The summed E-state index contributed by atoms with van der Waals surface area (Å²) in [4.78, 5) is 9.84. The summed E-state index contributed by atoms with van der Waals surface area (Å²) >= 11 is 1.67. The largest absolute Gasteiger partial charge is 0.365 e. The molecular formula is C11H13N3S. The minimum Gasteiger partial charge on any atom is -0.365 e. The Morgan fingerprint density at radius 1 is 1.33 bits per heavy atom. The molecule has 0 saturated carbocycles. The van der Waals surface area contributed by atoms with E-state index < -0.39 is 0 Å². The van der Waals surface area contributed by atoms with Gasteiger partial charge in [-0.05, 0) is 26.0 Å². The van der Waals surface area contributed by atoms with Gasteiger partial charge in [-0.3, -0.25) is 0 Å². The number of hydrogen-bond acceptors (Lipinski definition) is 4. The highest BCUT2D eigenvalue weighted by molar-refractivity contribution is 7.09. The zero-order chi connectivity index (χ0) is 10.7. The van der Waals surface area contributed by atoms with Crippen LogP contribution in [0.15, 0.2) is 23.7 Å². The molecule has 15 heavy (non-hydrogen) atoms. The fourth-order valence-electron chi connectivity index (χ4n) is 1.31. The van der Waals surface area contributed by atoms with Gasteiger partial charge in [-0.1, -0.05) is 6.07 Å². The van der Waals surface area contributed by atoms with E-state index in [0.29, 0.717) is 0 Å². The molecule has 0 bridgehead atoms. The second-order valence-corrected chi connectivity index (χ2v) is 4.32. The minimum absolute atomic E-state index is 0.799. The maximum atomic E-state index is 4.38. The molecule has 1 N–H and O–H groups in total. The third-order valence-electron chi connectivity index (χ3n) is 2.16. The highest BCUT2D eigenvalue weighted by atomic mass is 32.1. The highest BCUT2D eigenvalue weighted by Crippen LogP contribution is 2.14. The van der Waals surface area contributed by atoms with E-state index in [4.69, 9.17) is 0 Å². The lowest BCUT2D eigenvalue weighted by molar-refractivity contribution is 1.08. The van der Waals surface area contributed by atoms with E-state index in [-0.39, 0.29) is 0 Å². The lowest BCUT2D eigenvalue weighted by Crippen LogP contribution is -2.01. The first kappa shape index (κ1) is 10.1. The second kappa shape index (κ2) is 4.40. The Kier molecular flexibility index (Phi) is 2.97. The van der Waals surface area contributed by atoms with E-state index >= 15 is 0 Å². The molecule has 0 atom stereocenters. The van der Waals surface area contributed by atoms with Crippen molar-refractivity contribution in [1.82, 2.24) is 9.97 Å². The Bertz CT molecular complexity index is 451. The first-order valence-corrected chi connectivity index (χ1v) is 5.70. The van der Waals surface area contributed by atoms with E-state index in [1.165, 1.54) is 4.88 Å². The third-order valence-corrected chi connectivity index (χ3v) is 3.10. The van der Waals surface area contributed by atoms with Crippen molar-refractivity contribution in [2.75, 3.05) is 5.32 Å². The number of nitrogens with zero attached hydrogens (tertiary/aromatic N) is 2. The van der Waals surface area contributed by atoms with Crippen LogP contribution in [0.5, 0.6) is 0 Å². The quantitative estimate of drug-likeness (QED) is 0.862. The summed E-state index contributed by atoms with van der Waals surface area (Å²) in [5.41, 5.74) is 4.00. The topological polar surface area (TPSA) is 37.8 Å². The zero-order valence-corrected chi connectivity index (χ0v) is 9.64. The monoisotopic (exact) mass is 219 g/mol. The number of pyridine rings is 1. The number of nitrogens with one attached hydrogen (secondary N) is 1. The van der Waals surface area contributed by atoms with Crippen LogP contribution in [0.3, 0.4) is 0 Å². The van der Waals surface area contributed by atoms with Crippen molar-refractivity contribution in [3.8, 4) is 0 Å². The standard InChI is InChI=1S/C11H13N3S/c1-8-4-3-5-11(14-8)12-6-10-9(2)13-7-15-10/h3-5,7H,6H2,1-2H3,(H,12,14). The average Bonchev–Trinajstić information content (AvgIpc) is 2.61. The van der Waals surface area contributed by atoms with Gasteiger partial charge in [-0.2, -0.15) is 0 Å². The van der Waals surface area contributed by atoms with Gasteiger partial charge in [0.15, 0.2) is 0 Å². The van der Waals surface area contributed by atoms with Crippen LogP contribution in [-0.4, -0.2) is 9.97 Å². The summed E-state index contributed by atoms with van der Waals surface area (Å²) in [5, 5.41) is 3.29. The molecule has 0 amide bonds. The number of anilines is 1. The molecule has 0 aliphatic heterocycles. The molecule has 4 heteroatoms. The van der Waals surface area contributed by atoms with Gasteiger partial charge >= 0.3 is 0 Å². The van der Waals surface area contributed by atoms with Crippen molar-refractivity contribution < 1.29 is 0 Å². The Labute approximate surface area is 93.2 Å². The van der Waals surface area contributed by atoms with E-state index in [1.807, 2.05) is 37.6 Å². The van der Waals surface area contributed by atoms with E-state index in [0.717, 1.165) is 23.8 Å². The molecule has 3 nitrogen and oxygen atoms in total. The van der Waals surface area contributed by atoms with Crippen LogP contribution in [0.2, 0.25) is 0 Å². The Hall–Kier alpha value is -1.42. The van der Waals surface area contributed by atoms with E-state index in [1.54, 1.807) is 11.3 Å². The molecule has 2 aromatic rings. The van der Waals surface area contributed by atoms with Gasteiger partial charge in [0.1, 0.15) is 5.82 Å². The Balaban J connectivity index is 2.02. The van der Waals surface area contributed by atoms with Crippen molar-refractivity contribution in [2.24, 2.45) is 0 Å². The normalized spacial score (nSPS) is 10.3. The van der Waals surface area contributed by atoms with Gasteiger partial charge in [0, 0.05) is 10.6 Å². The van der Waals surface area contributed by atoms with Gasteiger partial charge in [-0.15, -0.1) is 11.3 Å². The molecule has 0 aliphatic carbocycles. The average molecular weight is 219 g/mol. The fraction of sp³-hybridized carbons (Fsp3) is 0.273. The first-order chi connectivity index (χ1) is 7.25. The molecular weight excluding hydrogens is 206 g/mol. The smallest absolute Gasteiger partial charge is 0.126 e. The molecule has 0 aliphatic rings. The van der Waals surface area contributed by atoms with Crippen LogP contribution in [0.25, 0.3) is 0 Å². The zero-order valence-electron chi connectivity index (χ0n) is 8.82. The van der Waals surface area contributed by atoms with Crippen molar-refractivity contribution >= 4 is 17.2 Å². The summed E-state index contributed by atoms with van der Waals surface area (Å²) in [5.74, 6) is 0.919. The summed E-state index contributed by atoms with van der Waals surface area (Å²) in [6, 6.07) is 5.97. The van der Waals surface area contributed by atoms with Crippen molar-refractivity contribution in [2.45, 2.75) is 20.4 Å². The van der Waals surface area contributed by atoms with Crippen LogP contribution in [-0.2, 0) is 6.54 Å². The first-order valence-electron chi connectivity index (χ1n) is 4.82. The molecule has 2 aromatic heterocycles. The van der Waals surface area contributed by atoms with Gasteiger partial charge < -0.3 is 5.32 Å². The fourth-order valence-corrected chi connectivity index (χ4v) is 2.03. The summed E-state index contributed by atoms with van der Waals surface area (Å²) in [6.07, 6.45) is 0. The van der Waals surface area contributed by atoms with Crippen LogP contribution in [0, 0.1) is 13.8 Å². The number of hydrogen-bond donors (Lipinski definition) is 1. The van der Waals surface area contributed by atoms with Gasteiger partial charge in [0.2, 0.25) is 0 Å². The second-order valence-electron chi connectivity index (χ2n) is 3.38. The Morgan fingerprint density at radius 3 is 2.87 bits per heavy atom. The van der Waals surface area contributed by atoms with Gasteiger partial charge in [-0.25, -0.2) is 9.97 Å². The molecule has 0 fully saturated rings. The van der Waals surface area contributed by atoms with Gasteiger partial charge in [0.05, 0.1) is 17.7 Å². The number of rotatable bonds is 3. The summed E-state index contributed by atoms with van der Waals surface area (Å²) in [7, 11) is 0. The summed E-state index contributed by atoms with van der Waals surface area (Å²) < 4.78 is 0. The SMILES string of the molecule is Cc1cccc(NCc2scnc2C)n1. The predicted octanol–water partition coefficient (Wildman–Crippen LogP) is 2.77. The van der Waals surface area contributed by atoms with E-state index in [2.05, 4.69) is 15.3 Å². The number of thiazole rings is 1. The molecule has 0 spiro atoms. The maximum absolute atomic E-state index is 4.38. The Morgan fingerprint density at radius 2 is 2.20 bits per heavy atom. The lowest BCUT2D eigenvalue weighted by atomic mass is 10.3. The molecule has 0 aromatic carbocycles. The highest BCUT2D eigenvalue weighted by Gasteiger charge is 2.01. The van der Waals surface area contributed by atoms with Gasteiger partial charge in [0.25, 0.3) is 0 Å². The van der Waals surface area contributed by atoms with Crippen molar-refractivity contribution in [3.05, 3.63) is 40.0 Å².